The fourth-order valence-corrected chi connectivity index (χ4v) is 2.19. The number of aryl methyl sites for hydroxylation is 2. The van der Waals surface area contributed by atoms with Crippen LogP contribution in [0.25, 0.3) is 0 Å². The van der Waals surface area contributed by atoms with E-state index in [9.17, 15) is 4.79 Å². The molecule has 0 heterocycles. The van der Waals surface area contributed by atoms with Gasteiger partial charge in [0.1, 0.15) is 0 Å². The predicted molar refractivity (Wildman–Crippen MR) is 65.2 cm³/mol. The molecule has 0 saturated carbocycles. The van der Waals surface area contributed by atoms with Crippen molar-refractivity contribution in [2.75, 3.05) is 0 Å². The van der Waals surface area contributed by atoms with E-state index in [0.717, 1.165) is 12.0 Å². The Morgan fingerprint density at radius 2 is 2.18 bits per heavy atom. The van der Waals surface area contributed by atoms with Gasteiger partial charge < -0.3 is 5.32 Å². The van der Waals surface area contributed by atoms with Gasteiger partial charge in [-0.15, -0.1) is 0 Å². The van der Waals surface area contributed by atoms with Crippen LogP contribution < -0.4 is 5.32 Å². The Labute approximate surface area is 101 Å². The second-order valence-electron chi connectivity index (χ2n) is 4.39. The van der Waals surface area contributed by atoms with Gasteiger partial charge in [0, 0.05) is 19.4 Å². The van der Waals surface area contributed by atoms with Crippen LogP contribution in [0.5, 0.6) is 0 Å². The maximum absolute atomic E-state index is 11.3. The van der Waals surface area contributed by atoms with Gasteiger partial charge in [0.15, 0.2) is 0 Å². The summed E-state index contributed by atoms with van der Waals surface area (Å²) in [5.74, 6) is -0.0490. The zero-order chi connectivity index (χ0) is 12.1. The number of rotatable bonds is 4. The van der Waals surface area contributed by atoms with E-state index in [4.69, 9.17) is 5.26 Å². The number of nitriles is 1. The molecule has 1 aromatic carbocycles. The Hall–Kier alpha value is -1.82. The van der Waals surface area contributed by atoms with Crippen molar-refractivity contribution in [3.63, 3.8) is 0 Å². The molecule has 17 heavy (non-hydrogen) atoms. The van der Waals surface area contributed by atoms with Gasteiger partial charge in [-0.3, -0.25) is 4.79 Å². The van der Waals surface area contributed by atoms with Crippen molar-refractivity contribution in [3.05, 3.63) is 34.9 Å². The molecule has 2 rings (SSSR count). The summed E-state index contributed by atoms with van der Waals surface area (Å²) in [6.07, 6.45) is 4.17. The molecule has 1 aliphatic carbocycles. The Morgan fingerprint density at radius 3 is 3.00 bits per heavy atom. The van der Waals surface area contributed by atoms with E-state index in [1.807, 2.05) is 6.07 Å². The second-order valence-corrected chi connectivity index (χ2v) is 4.39. The molecule has 0 aromatic heterocycles. The summed E-state index contributed by atoms with van der Waals surface area (Å²) >= 11 is 0. The first kappa shape index (κ1) is 11.7. The Bertz CT molecular complexity index is 460. The third-order valence-electron chi connectivity index (χ3n) is 3.12. The van der Waals surface area contributed by atoms with Crippen LogP contribution >= 0.6 is 0 Å². The van der Waals surface area contributed by atoms with Crippen LogP contribution in [-0.2, 0) is 24.2 Å². The third kappa shape index (κ3) is 3.07. The maximum Gasteiger partial charge on any atom is 0.221 e. The van der Waals surface area contributed by atoms with E-state index in [0.29, 0.717) is 13.0 Å². The van der Waals surface area contributed by atoms with Gasteiger partial charge in [-0.2, -0.15) is 5.26 Å². The van der Waals surface area contributed by atoms with Gasteiger partial charge in [0.05, 0.1) is 6.07 Å². The quantitative estimate of drug-likeness (QED) is 0.858. The Kier molecular flexibility index (Phi) is 3.77. The fourth-order valence-electron chi connectivity index (χ4n) is 2.19. The average Bonchev–Trinajstić information content (AvgIpc) is 2.81. The molecule has 0 unspecified atom stereocenters. The van der Waals surface area contributed by atoms with Gasteiger partial charge in [-0.05, 0) is 36.0 Å². The van der Waals surface area contributed by atoms with Crippen LogP contribution in [0.3, 0.4) is 0 Å². The van der Waals surface area contributed by atoms with E-state index in [1.165, 1.54) is 24.0 Å². The van der Waals surface area contributed by atoms with Crippen LogP contribution in [0.15, 0.2) is 18.2 Å². The minimum atomic E-state index is -0.0490. The Balaban J connectivity index is 1.87. The minimum Gasteiger partial charge on any atom is -0.352 e. The highest BCUT2D eigenvalue weighted by Gasteiger charge is 2.10. The largest absolute Gasteiger partial charge is 0.352 e. The highest BCUT2D eigenvalue weighted by Crippen LogP contribution is 2.22. The molecular weight excluding hydrogens is 212 g/mol. The molecule has 0 saturated heterocycles. The molecule has 0 aliphatic heterocycles. The molecule has 1 N–H and O–H groups in total. The van der Waals surface area contributed by atoms with Crippen LogP contribution in [0, 0.1) is 11.3 Å². The lowest BCUT2D eigenvalue weighted by Gasteiger charge is -2.06. The molecule has 0 bridgehead atoms. The smallest absolute Gasteiger partial charge is 0.221 e. The number of carbonyl (C=O) groups is 1. The van der Waals surface area contributed by atoms with Crippen LogP contribution in [-0.4, -0.2) is 5.91 Å². The maximum atomic E-state index is 11.3. The monoisotopic (exact) mass is 228 g/mol. The number of nitrogens with zero attached hydrogens (tertiary/aromatic N) is 1. The van der Waals surface area contributed by atoms with Crippen molar-refractivity contribution in [1.82, 2.24) is 5.32 Å². The number of nitrogens with one attached hydrogen (secondary N) is 1. The van der Waals surface area contributed by atoms with Gasteiger partial charge in [0.25, 0.3) is 0 Å². The standard InChI is InChI=1S/C14H16N2O/c15-8-2-5-14(17)16-10-11-6-7-12-3-1-4-13(12)9-11/h6-7,9H,1-5,10H2,(H,16,17). The van der Waals surface area contributed by atoms with Crippen molar-refractivity contribution in [2.24, 2.45) is 0 Å². The summed E-state index contributed by atoms with van der Waals surface area (Å²) in [4.78, 5) is 11.3. The summed E-state index contributed by atoms with van der Waals surface area (Å²) in [5, 5.41) is 11.2. The van der Waals surface area contributed by atoms with Crippen molar-refractivity contribution in [2.45, 2.75) is 38.6 Å². The fraction of sp³-hybridized carbons (Fsp3) is 0.429. The molecule has 0 radical (unpaired) electrons. The first-order valence-electron chi connectivity index (χ1n) is 6.04. The van der Waals surface area contributed by atoms with Gasteiger partial charge in [-0.1, -0.05) is 18.2 Å². The van der Waals surface area contributed by atoms with Crippen molar-refractivity contribution in [1.29, 1.82) is 5.26 Å². The lowest BCUT2D eigenvalue weighted by molar-refractivity contribution is -0.121. The van der Waals surface area contributed by atoms with Crippen molar-refractivity contribution >= 4 is 5.91 Å². The van der Waals surface area contributed by atoms with Crippen molar-refractivity contribution < 1.29 is 4.79 Å². The minimum absolute atomic E-state index is 0.0490. The lowest BCUT2D eigenvalue weighted by atomic mass is 10.1. The summed E-state index contributed by atoms with van der Waals surface area (Å²) in [6, 6.07) is 8.40. The molecule has 1 aromatic rings. The van der Waals surface area contributed by atoms with E-state index >= 15 is 0 Å². The van der Waals surface area contributed by atoms with Crippen LogP contribution in [0.2, 0.25) is 0 Å². The molecule has 1 amide bonds. The highest BCUT2D eigenvalue weighted by molar-refractivity contribution is 5.76. The van der Waals surface area contributed by atoms with E-state index in [-0.39, 0.29) is 12.3 Å². The predicted octanol–water partition coefficient (Wildman–Crippen LogP) is 2.10. The molecular formula is C14H16N2O. The van der Waals surface area contributed by atoms with Gasteiger partial charge >= 0.3 is 0 Å². The zero-order valence-electron chi connectivity index (χ0n) is 9.83. The number of carbonyl (C=O) groups excluding carboxylic acids is 1. The summed E-state index contributed by atoms with van der Waals surface area (Å²) in [6.45, 7) is 0.567. The molecule has 88 valence electrons. The number of benzene rings is 1. The molecule has 3 nitrogen and oxygen atoms in total. The second kappa shape index (κ2) is 5.49. The third-order valence-corrected chi connectivity index (χ3v) is 3.12. The summed E-state index contributed by atoms with van der Waals surface area (Å²) < 4.78 is 0. The molecule has 1 aliphatic rings. The van der Waals surface area contributed by atoms with E-state index in [2.05, 4.69) is 23.5 Å². The molecule has 0 atom stereocenters. The Morgan fingerprint density at radius 1 is 1.35 bits per heavy atom. The zero-order valence-corrected chi connectivity index (χ0v) is 9.83. The highest BCUT2D eigenvalue weighted by atomic mass is 16.1. The normalized spacial score (nSPS) is 12.9. The summed E-state index contributed by atoms with van der Waals surface area (Å²) in [7, 11) is 0. The van der Waals surface area contributed by atoms with Crippen molar-refractivity contribution in [3.8, 4) is 6.07 Å². The topological polar surface area (TPSA) is 52.9 Å². The average molecular weight is 228 g/mol. The van der Waals surface area contributed by atoms with Gasteiger partial charge in [0.2, 0.25) is 5.91 Å². The number of hydrogen-bond donors (Lipinski definition) is 1. The SMILES string of the molecule is N#CCCC(=O)NCc1ccc2c(c1)CCC2. The van der Waals surface area contributed by atoms with E-state index < -0.39 is 0 Å². The molecule has 0 fully saturated rings. The van der Waals surface area contributed by atoms with Crippen LogP contribution in [0.4, 0.5) is 0 Å². The number of amides is 1. The summed E-state index contributed by atoms with van der Waals surface area (Å²) in [5.41, 5.74) is 4.02. The first-order chi connectivity index (χ1) is 8.29. The van der Waals surface area contributed by atoms with Crippen LogP contribution in [0.1, 0.15) is 36.0 Å². The van der Waals surface area contributed by atoms with E-state index in [1.54, 1.807) is 0 Å². The lowest BCUT2D eigenvalue weighted by Crippen LogP contribution is -2.22. The number of hydrogen-bond acceptors (Lipinski definition) is 2. The number of fused-ring (bicyclic) bond motifs is 1. The van der Waals surface area contributed by atoms with Gasteiger partial charge in [-0.25, -0.2) is 0 Å². The molecule has 0 spiro atoms. The molecule has 3 heteroatoms. The first-order valence-corrected chi connectivity index (χ1v) is 6.04.